The summed E-state index contributed by atoms with van der Waals surface area (Å²) in [6.07, 6.45) is 1.30. The molecule has 1 saturated carbocycles. The van der Waals surface area contributed by atoms with Gasteiger partial charge in [-0.05, 0) is 48.8 Å². The largest absolute Gasteiger partial charge is 0.324 e. The maximum atomic E-state index is 6.21. The van der Waals surface area contributed by atoms with Crippen LogP contribution in [0.4, 0.5) is 0 Å². The third-order valence-electron chi connectivity index (χ3n) is 3.55. The monoisotopic (exact) mass is 189 g/mol. The molecule has 0 spiro atoms. The summed E-state index contributed by atoms with van der Waals surface area (Å²) < 4.78 is 0. The van der Waals surface area contributed by atoms with Gasteiger partial charge in [0.05, 0.1) is 0 Å². The zero-order valence-electron chi connectivity index (χ0n) is 9.25. The quantitative estimate of drug-likeness (QED) is 0.760. The van der Waals surface area contributed by atoms with Crippen LogP contribution in [0.5, 0.6) is 0 Å². The van der Waals surface area contributed by atoms with Crippen LogP contribution in [0.3, 0.4) is 0 Å². The fourth-order valence-corrected chi connectivity index (χ4v) is 2.07. The lowest BCUT2D eigenvalue weighted by atomic mass is 9.98. The standard InChI is InChI=1S/C13H19N/c1-8-4-5-11(6-9(8)2)13(14)12-7-10(12)3/h4-6,10,12-13H,7,14H2,1-3H3. The van der Waals surface area contributed by atoms with Gasteiger partial charge in [-0.15, -0.1) is 0 Å². The average Bonchev–Trinajstić information content (AvgIpc) is 2.86. The molecule has 76 valence electrons. The van der Waals surface area contributed by atoms with E-state index in [1.54, 1.807) is 0 Å². The van der Waals surface area contributed by atoms with Crippen molar-refractivity contribution >= 4 is 0 Å². The first-order valence-electron chi connectivity index (χ1n) is 5.42. The molecule has 14 heavy (non-hydrogen) atoms. The molecule has 0 amide bonds. The van der Waals surface area contributed by atoms with Crippen molar-refractivity contribution in [1.82, 2.24) is 0 Å². The Labute approximate surface area is 86.3 Å². The molecule has 1 nitrogen and oxygen atoms in total. The van der Waals surface area contributed by atoms with Crippen LogP contribution in [0, 0.1) is 25.7 Å². The summed E-state index contributed by atoms with van der Waals surface area (Å²) in [6.45, 7) is 6.58. The topological polar surface area (TPSA) is 26.0 Å². The van der Waals surface area contributed by atoms with E-state index < -0.39 is 0 Å². The van der Waals surface area contributed by atoms with Gasteiger partial charge in [-0.2, -0.15) is 0 Å². The third kappa shape index (κ3) is 1.69. The second-order valence-electron chi connectivity index (χ2n) is 4.75. The molecule has 0 bridgehead atoms. The Morgan fingerprint density at radius 1 is 1.29 bits per heavy atom. The van der Waals surface area contributed by atoms with Crippen molar-refractivity contribution in [2.75, 3.05) is 0 Å². The average molecular weight is 189 g/mol. The summed E-state index contributed by atoms with van der Waals surface area (Å²) in [5, 5.41) is 0. The van der Waals surface area contributed by atoms with E-state index in [1.807, 2.05) is 0 Å². The Kier molecular flexibility index (Phi) is 2.36. The van der Waals surface area contributed by atoms with Gasteiger partial charge in [-0.3, -0.25) is 0 Å². The van der Waals surface area contributed by atoms with E-state index in [-0.39, 0.29) is 6.04 Å². The number of rotatable bonds is 2. The van der Waals surface area contributed by atoms with E-state index in [9.17, 15) is 0 Å². The molecular weight excluding hydrogens is 170 g/mol. The van der Waals surface area contributed by atoms with Crippen LogP contribution in [-0.2, 0) is 0 Å². The second kappa shape index (κ2) is 3.39. The molecule has 1 heteroatoms. The molecule has 0 aromatic heterocycles. The summed E-state index contributed by atoms with van der Waals surface area (Å²) in [4.78, 5) is 0. The molecule has 2 N–H and O–H groups in total. The maximum absolute atomic E-state index is 6.21. The highest BCUT2D eigenvalue weighted by Gasteiger charge is 2.38. The molecule has 2 rings (SSSR count). The molecule has 0 heterocycles. The third-order valence-corrected chi connectivity index (χ3v) is 3.55. The summed E-state index contributed by atoms with van der Waals surface area (Å²) in [6, 6.07) is 6.85. The fraction of sp³-hybridized carbons (Fsp3) is 0.538. The van der Waals surface area contributed by atoms with E-state index in [2.05, 4.69) is 39.0 Å². The smallest absolute Gasteiger partial charge is 0.0326 e. The number of benzene rings is 1. The van der Waals surface area contributed by atoms with Crippen LogP contribution in [-0.4, -0.2) is 0 Å². The van der Waals surface area contributed by atoms with Gasteiger partial charge < -0.3 is 5.73 Å². The van der Waals surface area contributed by atoms with Crippen molar-refractivity contribution in [3.05, 3.63) is 34.9 Å². The van der Waals surface area contributed by atoms with Gasteiger partial charge in [0.1, 0.15) is 0 Å². The first kappa shape index (κ1) is 9.72. The van der Waals surface area contributed by atoms with Gasteiger partial charge in [0.2, 0.25) is 0 Å². The van der Waals surface area contributed by atoms with Crippen molar-refractivity contribution in [3.63, 3.8) is 0 Å². The van der Waals surface area contributed by atoms with E-state index in [0.29, 0.717) is 0 Å². The minimum atomic E-state index is 0.254. The Morgan fingerprint density at radius 3 is 2.43 bits per heavy atom. The molecule has 1 fully saturated rings. The number of hydrogen-bond donors (Lipinski definition) is 1. The van der Waals surface area contributed by atoms with Crippen molar-refractivity contribution in [3.8, 4) is 0 Å². The van der Waals surface area contributed by atoms with Gasteiger partial charge in [0.25, 0.3) is 0 Å². The lowest BCUT2D eigenvalue weighted by Gasteiger charge is -2.13. The van der Waals surface area contributed by atoms with Crippen LogP contribution in [0.25, 0.3) is 0 Å². The lowest BCUT2D eigenvalue weighted by molar-refractivity contribution is 0.593. The summed E-state index contributed by atoms with van der Waals surface area (Å²) in [7, 11) is 0. The summed E-state index contributed by atoms with van der Waals surface area (Å²) in [5.41, 5.74) is 10.2. The highest BCUT2D eigenvalue weighted by Crippen LogP contribution is 2.45. The lowest BCUT2D eigenvalue weighted by Crippen LogP contribution is -2.13. The Bertz CT molecular complexity index is 343. The van der Waals surface area contributed by atoms with Crippen LogP contribution in [0.1, 0.15) is 36.1 Å². The van der Waals surface area contributed by atoms with Gasteiger partial charge in [0, 0.05) is 6.04 Å². The minimum absolute atomic E-state index is 0.254. The van der Waals surface area contributed by atoms with Crippen LogP contribution >= 0.6 is 0 Å². The number of aryl methyl sites for hydroxylation is 2. The highest BCUT2D eigenvalue weighted by molar-refractivity contribution is 5.32. The zero-order valence-corrected chi connectivity index (χ0v) is 9.25. The summed E-state index contributed by atoms with van der Waals surface area (Å²) >= 11 is 0. The van der Waals surface area contributed by atoms with Crippen molar-refractivity contribution in [2.24, 2.45) is 17.6 Å². The Morgan fingerprint density at radius 2 is 1.93 bits per heavy atom. The molecular formula is C13H19N. The van der Waals surface area contributed by atoms with Crippen molar-refractivity contribution < 1.29 is 0 Å². The second-order valence-corrected chi connectivity index (χ2v) is 4.75. The molecule has 1 aromatic carbocycles. The first-order chi connectivity index (χ1) is 6.59. The molecule has 3 unspecified atom stereocenters. The molecule has 3 atom stereocenters. The van der Waals surface area contributed by atoms with Crippen molar-refractivity contribution in [1.29, 1.82) is 0 Å². The van der Waals surface area contributed by atoms with Crippen molar-refractivity contribution in [2.45, 2.75) is 33.2 Å². The number of nitrogens with two attached hydrogens (primary N) is 1. The minimum Gasteiger partial charge on any atom is -0.324 e. The zero-order chi connectivity index (χ0) is 10.3. The van der Waals surface area contributed by atoms with Gasteiger partial charge in [0.15, 0.2) is 0 Å². The normalized spacial score (nSPS) is 27.4. The maximum Gasteiger partial charge on any atom is 0.0326 e. The predicted octanol–water partition coefficient (Wildman–Crippen LogP) is 2.96. The molecule has 1 aliphatic rings. The first-order valence-corrected chi connectivity index (χ1v) is 5.42. The van der Waals surface area contributed by atoms with Gasteiger partial charge in [-0.1, -0.05) is 25.1 Å². The van der Waals surface area contributed by atoms with E-state index in [1.165, 1.54) is 23.1 Å². The van der Waals surface area contributed by atoms with Gasteiger partial charge in [-0.25, -0.2) is 0 Å². The summed E-state index contributed by atoms with van der Waals surface area (Å²) in [5.74, 6) is 1.55. The molecule has 0 radical (unpaired) electrons. The van der Waals surface area contributed by atoms with E-state index in [0.717, 1.165) is 11.8 Å². The van der Waals surface area contributed by atoms with E-state index in [4.69, 9.17) is 5.73 Å². The Hall–Kier alpha value is -0.820. The van der Waals surface area contributed by atoms with Crippen LogP contribution in [0.2, 0.25) is 0 Å². The molecule has 0 saturated heterocycles. The molecule has 1 aromatic rings. The number of hydrogen-bond acceptors (Lipinski definition) is 1. The van der Waals surface area contributed by atoms with Crippen LogP contribution < -0.4 is 5.73 Å². The van der Waals surface area contributed by atoms with Gasteiger partial charge >= 0.3 is 0 Å². The fourth-order valence-electron chi connectivity index (χ4n) is 2.07. The van der Waals surface area contributed by atoms with E-state index >= 15 is 0 Å². The molecule has 1 aliphatic carbocycles. The van der Waals surface area contributed by atoms with Crippen LogP contribution in [0.15, 0.2) is 18.2 Å². The Balaban J connectivity index is 2.20. The molecule has 0 aliphatic heterocycles. The predicted molar refractivity (Wildman–Crippen MR) is 60.1 cm³/mol. The highest BCUT2D eigenvalue weighted by atomic mass is 14.7. The SMILES string of the molecule is Cc1ccc(C(N)C2CC2C)cc1C.